The summed E-state index contributed by atoms with van der Waals surface area (Å²) in [7, 11) is 0. The molecule has 3 heterocycles. The van der Waals surface area contributed by atoms with Crippen molar-refractivity contribution in [3.63, 3.8) is 0 Å². The summed E-state index contributed by atoms with van der Waals surface area (Å²) < 4.78 is 0. The Balaban J connectivity index is 1.15. The van der Waals surface area contributed by atoms with Gasteiger partial charge in [0, 0.05) is 44.5 Å². The van der Waals surface area contributed by atoms with Crippen LogP contribution >= 0.6 is 0 Å². The third-order valence-corrected chi connectivity index (χ3v) is 12.0. The van der Waals surface area contributed by atoms with Gasteiger partial charge in [-0.25, -0.2) is 15.0 Å². The maximum absolute atomic E-state index is 5.66. The highest BCUT2D eigenvalue weighted by Gasteiger charge is 2.28. The summed E-state index contributed by atoms with van der Waals surface area (Å²) in [6.45, 7) is 0. The van der Waals surface area contributed by atoms with Crippen LogP contribution in [0.5, 0.6) is 0 Å². The van der Waals surface area contributed by atoms with Crippen LogP contribution in [-0.2, 0) is 0 Å². The molecule has 0 aliphatic heterocycles. The fraction of sp³-hybridized carbons (Fsp3) is 0.0339. The number of pyridine rings is 3. The van der Waals surface area contributed by atoms with Crippen LogP contribution in [0.15, 0.2) is 231 Å². The molecule has 62 heavy (non-hydrogen) atoms. The van der Waals surface area contributed by atoms with E-state index in [1.165, 1.54) is 11.1 Å². The van der Waals surface area contributed by atoms with Gasteiger partial charge in [-0.2, -0.15) is 0 Å². The highest BCUT2D eigenvalue weighted by molar-refractivity contribution is 6.11. The number of rotatable bonds is 8. The van der Waals surface area contributed by atoms with Gasteiger partial charge in [-0.3, -0.25) is 0 Å². The summed E-state index contributed by atoms with van der Waals surface area (Å²) in [5, 5.41) is 2.11. The van der Waals surface area contributed by atoms with Crippen molar-refractivity contribution < 1.29 is 0 Å². The molecule has 1 aliphatic carbocycles. The van der Waals surface area contributed by atoms with E-state index in [1.807, 2.05) is 12.1 Å². The van der Waals surface area contributed by atoms with Crippen LogP contribution in [0.4, 0.5) is 0 Å². The lowest BCUT2D eigenvalue weighted by Gasteiger charge is -2.27. The predicted molar refractivity (Wildman–Crippen MR) is 259 cm³/mol. The van der Waals surface area contributed by atoms with Gasteiger partial charge in [0.25, 0.3) is 0 Å². The maximum Gasteiger partial charge on any atom is 0.0978 e. The van der Waals surface area contributed by atoms with Crippen molar-refractivity contribution in [2.45, 2.75) is 12.3 Å². The Labute approximate surface area is 362 Å². The minimum Gasteiger partial charge on any atom is -0.247 e. The van der Waals surface area contributed by atoms with Gasteiger partial charge >= 0.3 is 0 Å². The number of aromatic nitrogens is 3. The Morgan fingerprint density at radius 3 is 1.45 bits per heavy atom. The van der Waals surface area contributed by atoms with Crippen LogP contribution in [0.25, 0.3) is 100 Å². The zero-order valence-electron chi connectivity index (χ0n) is 34.1. The van der Waals surface area contributed by atoms with Gasteiger partial charge in [-0.15, -0.1) is 0 Å². The topological polar surface area (TPSA) is 38.7 Å². The molecule has 0 N–H and O–H groups in total. The van der Waals surface area contributed by atoms with E-state index in [0.717, 1.165) is 101 Å². The van der Waals surface area contributed by atoms with Crippen molar-refractivity contribution in [1.29, 1.82) is 0 Å². The Kier molecular flexibility index (Phi) is 9.68. The molecule has 3 nitrogen and oxygen atoms in total. The van der Waals surface area contributed by atoms with Crippen molar-refractivity contribution in [1.82, 2.24) is 15.0 Å². The van der Waals surface area contributed by atoms with Crippen molar-refractivity contribution in [2.24, 2.45) is 0 Å². The first-order chi connectivity index (χ1) is 30.8. The highest BCUT2D eigenvalue weighted by Crippen LogP contribution is 2.49. The Bertz CT molecular complexity index is 3270. The van der Waals surface area contributed by atoms with Crippen molar-refractivity contribution in [2.75, 3.05) is 0 Å². The molecule has 0 saturated heterocycles. The second kappa shape index (κ2) is 16.2. The highest BCUT2D eigenvalue weighted by atomic mass is 14.8. The van der Waals surface area contributed by atoms with E-state index in [0.29, 0.717) is 0 Å². The molecule has 3 heteroatoms. The molecule has 0 fully saturated rings. The molecule has 0 radical (unpaired) electrons. The van der Waals surface area contributed by atoms with Crippen LogP contribution in [0.3, 0.4) is 0 Å². The van der Waals surface area contributed by atoms with Gasteiger partial charge in [-0.05, 0) is 64.1 Å². The minimum absolute atomic E-state index is 0.132. The predicted octanol–water partition coefficient (Wildman–Crippen LogP) is 15.4. The number of hydrogen-bond donors (Lipinski definition) is 0. The van der Waals surface area contributed by atoms with Gasteiger partial charge in [0.2, 0.25) is 0 Å². The van der Waals surface area contributed by atoms with Gasteiger partial charge in [0.1, 0.15) is 0 Å². The summed E-state index contributed by atoms with van der Waals surface area (Å²) in [6, 6.07) is 73.1. The van der Waals surface area contributed by atoms with Crippen LogP contribution in [-0.4, -0.2) is 15.0 Å². The molecular weight excluding hydrogens is 751 g/mol. The van der Waals surface area contributed by atoms with Gasteiger partial charge in [0.15, 0.2) is 0 Å². The van der Waals surface area contributed by atoms with E-state index in [-0.39, 0.29) is 5.92 Å². The van der Waals surface area contributed by atoms with Gasteiger partial charge < -0.3 is 0 Å². The fourth-order valence-electron chi connectivity index (χ4n) is 9.02. The summed E-state index contributed by atoms with van der Waals surface area (Å²) in [5.74, 6) is 0.132. The molecule has 1 unspecified atom stereocenters. The van der Waals surface area contributed by atoms with Gasteiger partial charge in [0.05, 0.1) is 33.8 Å². The summed E-state index contributed by atoms with van der Waals surface area (Å²) in [6.07, 6.45) is 9.85. The number of benzene rings is 7. The van der Waals surface area contributed by atoms with E-state index < -0.39 is 0 Å². The number of allylic oxidation sites excluding steroid dienone is 4. The summed E-state index contributed by atoms with van der Waals surface area (Å²) >= 11 is 0. The smallest absolute Gasteiger partial charge is 0.0978 e. The lowest BCUT2D eigenvalue weighted by molar-refractivity contribution is 0.852. The molecule has 0 amide bonds. The summed E-state index contributed by atoms with van der Waals surface area (Å²) in [4.78, 5) is 16.3. The first kappa shape index (κ1) is 37.0. The second-order valence-electron chi connectivity index (χ2n) is 15.8. The first-order valence-electron chi connectivity index (χ1n) is 21.3. The molecule has 1 atom stereocenters. The molecule has 3 aromatic heterocycles. The lowest BCUT2D eigenvalue weighted by Crippen LogP contribution is -2.08. The monoisotopic (exact) mass is 791 g/mol. The first-order valence-corrected chi connectivity index (χ1v) is 21.3. The third kappa shape index (κ3) is 6.90. The zero-order chi connectivity index (χ0) is 41.2. The molecule has 1 aliphatic rings. The van der Waals surface area contributed by atoms with Crippen LogP contribution in [0.1, 0.15) is 17.9 Å². The number of nitrogens with zero attached hydrogens (tertiary/aromatic N) is 3. The minimum atomic E-state index is 0.132. The molecule has 7 aromatic carbocycles. The Morgan fingerprint density at radius 2 is 0.871 bits per heavy atom. The van der Waals surface area contributed by atoms with Crippen LogP contribution in [0, 0.1) is 0 Å². The quantitative estimate of drug-likeness (QED) is 0.144. The SMILES string of the molecule is C1=CCC(c2c(-c3ccccc3)nc(-c3ccccc3)c(-c3ccccc3)c2-c2ccc(-c3cc4ccc(-c5ccccc5)nc4c4nc(-c5ccccc5)ccc34)cc2)C=C1. The van der Waals surface area contributed by atoms with Crippen molar-refractivity contribution in [3.8, 4) is 78.4 Å². The molecule has 0 spiro atoms. The standard InChI is InChI=1S/C59H41N3/c1-7-19-41(20-8-1)51-37-35-48-39-50(49-36-38-52(42-21-9-2-10-22-42)61-59(49)58(48)60-51)40-31-33-45(34-32-40)53-54(43-23-11-3-12-24-43)56(46-27-15-5-16-28-46)62-57(47-29-17-6-18-30-47)55(53)44-25-13-4-14-26-44/h1-25,27-39,44H,26H2. The average Bonchev–Trinajstić information content (AvgIpc) is 3.37. The molecular formula is C59H41N3. The average molecular weight is 792 g/mol. The van der Waals surface area contributed by atoms with Crippen molar-refractivity contribution >= 4 is 21.8 Å². The molecule has 0 bridgehead atoms. The van der Waals surface area contributed by atoms with Gasteiger partial charge in [-0.1, -0.05) is 206 Å². The maximum atomic E-state index is 5.66. The molecule has 0 saturated carbocycles. The van der Waals surface area contributed by atoms with E-state index in [1.54, 1.807) is 0 Å². The Morgan fingerprint density at radius 1 is 0.371 bits per heavy atom. The van der Waals surface area contributed by atoms with E-state index >= 15 is 0 Å². The van der Waals surface area contributed by atoms with E-state index in [2.05, 4.69) is 218 Å². The van der Waals surface area contributed by atoms with Crippen molar-refractivity contribution in [3.05, 3.63) is 236 Å². The lowest BCUT2D eigenvalue weighted by atomic mass is 9.79. The molecule has 10 aromatic rings. The largest absolute Gasteiger partial charge is 0.247 e. The third-order valence-electron chi connectivity index (χ3n) is 12.0. The summed E-state index contributed by atoms with van der Waals surface area (Å²) in [5.41, 5.74) is 18.1. The molecule has 292 valence electrons. The normalized spacial score (nSPS) is 13.5. The second-order valence-corrected chi connectivity index (χ2v) is 15.8. The van der Waals surface area contributed by atoms with E-state index in [9.17, 15) is 0 Å². The number of fused-ring (bicyclic) bond motifs is 3. The fourth-order valence-corrected chi connectivity index (χ4v) is 9.02. The molecule has 11 rings (SSSR count). The number of hydrogen-bond acceptors (Lipinski definition) is 3. The van der Waals surface area contributed by atoms with Crippen LogP contribution in [0.2, 0.25) is 0 Å². The van der Waals surface area contributed by atoms with Crippen LogP contribution < -0.4 is 0 Å². The zero-order valence-corrected chi connectivity index (χ0v) is 34.1. The van der Waals surface area contributed by atoms with E-state index in [4.69, 9.17) is 15.0 Å². The Hall–Kier alpha value is -8.01.